The molecule has 42 heavy (non-hydrogen) atoms. The number of anilines is 2. The van der Waals surface area contributed by atoms with Crippen LogP contribution in [0, 0.1) is 23.0 Å². The van der Waals surface area contributed by atoms with Crippen molar-refractivity contribution in [3.63, 3.8) is 0 Å². The first-order valence-corrected chi connectivity index (χ1v) is 15.3. The zero-order chi connectivity index (χ0) is 29.7. The Hall–Kier alpha value is -4.07. The van der Waals surface area contributed by atoms with Crippen LogP contribution in [0.5, 0.6) is 0 Å². The van der Waals surface area contributed by atoms with Gasteiger partial charge in [0, 0.05) is 33.1 Å². The van der Waals surface area contributed by atoms with Gasteiger partial charge in [0.2, 0.25) is 17.7 Å². The molecule has 3 heterocycles. The Kier molecular flexibility index (Phi) is 7.33. The SMILES string of the molecule is Cc1ccccc1NC(=O)Cn1c2c(sc1=O)[C@@H](c1cccc(Br)c1)[C@@H]1C(=O)N(c3ccc([N+](=O)[O-])cc3)C(=O)[C@@H]1S2. The minimum Gasteiger partial charge on any atom is -0.324 e. The zero-order valence-corrected chi connectivity index (χ0v) is 25.1. The summed E-state index contributed by atoms with van der Waals surface area (Å²) >= 11 is 5.56. The van der Waals surface area contributed by atoms with E-state index in [-0.39, 0.29) is 22.8 Å². The van der Waals surface area contributed by atoms with Crippen molar-refractivity contribution in [3.05, 3.63) is 113 Å². The van der Waals surface area contributed by atoms with Crippen LogP contribution in [0.3, 0.4) is 0 Å². The summed E-state index contributed by atoms with van der Waals surface area (Å²) in [6.45, 7) is 1.61. The molecule has 0 spiro atoms. The number of rotatable bonds is 6. The fourth-order valence-electron chi connectivity index (χ4n) is 5.34. The Bertz CT molecular complexity index is 1840. The summed E-state index contributed by atoms with van der Waals surface area (Å²) in [6, 6.07) is 19.9. The summed E-state index contributed by atoms with van der Waals surface area (Å²) < 4.78 is 2.14. The van der Waals surface area contributed by atoms with Crippen LogP contribution in [0.2, 0.25) is 0 Å². The predicted octanol–water partition coefficient (Wildman–Crippen LogP) is 5.32. The smallest absolute Gasteiger partial charge is 0.308 e. The number of aromatic nitrogens is 1. The molecule has 0 radical (unpaired) electrons. The highest BCUT2D eigenvalue weighted by Crippen LogP contribution is 2.54. The first kappa shape index (κ1) is 28.1. The summed E-state index contributed by atoms with van der Waals surface area (Å²) in [4.78, 5) is 66.1. The summed E-state index contributed by atoms with van der Waals surface area (Å²) in [6.07, 6.45) is 0. The molecule has 4 aromatic rings. The van der Waals surface area contributed by atoms with Gasteiger partial charge in [-0.2, -0.15) is 0 Å². The number of carbonyl (C=O) groups excluding carboxylic acids is 3. The summed E-state index contributed by atoms with van der Waals surface area (Å²) in [5, 5.41) is 13.6. The van der Waals surface area contributed by atoms with Crippen molar-refractivity contribution in [2.45, 2.75) is 29.7 Å². The molecule has 13 heteroatoms. The third-order valence-electron chi connectivity index (χ3n) is 7.30. The number of nitro benzene ring substituents is 1. The number of thioether (sulfide) groups is 1. The number of hydrogen-bond donors (Lipinski definition) is 1. The first-order valence-electron chi connectivity index (χ1n) is 12.8. The van der Waals surface area contributed by atoms with Crippen molar-refractivity contribution >= 4 is 73.8 Å². The number of para-hydroxylation sites is 1. The van der Waals surface area contributed by atoms with Crippen LogP contribution in [-0.4, -0.2) is 32.5 Å². The Morgan fingerprint density at radius 1 is 1.02 bits per heavy atom. The van der Waals surface area contributed by atoms with Crippen LogP contribution in [0.4, 0.5) is 17.1 Å². The van der Waals surface area contributed by atoms with Crippen molar-refractivity contribution in [2.75, 3.05) is 10.2 Å². The summed E-state index contributed by atoms with van der Waals surface area (Å²) in [5.74, 6) is -2.78. The molecule has 3 amide bonds. The van der Waals surface area contributed by atoms with Crippen molar-refractivity contribution in [3.8, 4) is 0 Å². The standard InChI is InChI=1S/C29H21BrN4O6S2/c1-15-5-2-3-8-20(15)31-21(35)14-32-28-25(42-29(32)38)22(16-6-4-7-17(30)13-16)23-24(41-28)27(37)33(26(23)36)18-9-11-19(12-10-18)34(39)40/h2-13,22-24H,14H2,1H3,(H,31,35)/t22-,23-,24+/m0/s1. The van der Waals surface area contributed by atoms with E-state index in [9.17, 15) is 29.3 Å². The van der Waals surface area contributed by atoms with E-state index in [1.807, 2.05) is 43.3 Å². The van der Waals surface area contributed by atoms with E-state index in [1.54, 1.807) is 12.1 Å². The molecule has 212 valence electrons. The van der Waals surface area contributed by atoms with Crippen LogP contribution in [0.1, 0.15) is 21.9 Å². The molecule has 1 aromatic heterocycles. The normalized spacial score (nSPS) is 19.4. The lowest BCUT2D eigenvalue weighted by Gasteiger charge is -2.30. The lowest BCUT2D eigenvalue weighted by molar-refractivity contribution is -0.384. The second kappa shape index (κ2) is 11.0. The van der Waals surface area contributed by atoms with Gasteiger partial charge in [-0.05, 0) is 48.4 Å². The minimum atomic E-state index is -0.871. The fourth-order valence-corrected chi connectivity index (χ4v) is 8.53. The first-order chi connectivity index (χ1) is 20.1. The molecule has 3 aromatic carbocycles. The van der Waals surface area contributed by atoms with Crippen molar-refractivity contribution < 1.29 is 19.3 Å². The Morgan fingerprint density at radius 3 is 2.45 bits per heavy atom. The van der Waals surface area contributed by atoms with E-state index >= 15 is 0 Å². The number of hydrogen-bond acceptors (Lipinski definition) is 8. The number of fused-ring (bicyclic) bond motifs is 2. The minimum absolute atomic E-state index is 0.160. The number of imide groups is 1. The van der Waals surface area contributed by atoms with Crippen LogP contribution < -0.4 is 15.1 Å². The Morgan fingerprint density at radius 2 is 1.76 bits per heavy atom. The highest BCUT2D eigenvalue weighted by molar-refractivity contribution is 9.10. The van der Waals surface area contributed by atoms with Crippen LogP contribution in [0.15, 0.2) is 87.1 Å². The highest BCUT2D eigenvalue weighted by atomic mass is 79.9. The lowest BCUT2D eigenvalue weighted by atomic mass is 9.83. The third kappa shape index (κ3) is 4.86. The molecule has 2 aliphatic heterocycles. The van der Waals surface area contributed by atoms with E-state index in [0.29, 0.717) is 15.6 Å². The van der Waals surface area contributed by atoms with E-state index in [2.05, 4.69) is 21.2 Å². The van der Waals surface area contributed by atoms with Gasteiger partial charge in [-0.15, -0.1) is 0 Å². The molecule has 6 rings (SSSR count). The molecular formula is C29H21BrN4O6S2. The van der Waals surface area contributed by atoms with Crippen LogP contribution in [-0.2, 0) is 20.9 Å². The van der Waals surface area contributed by atoms with Gasteiger partial charge in [-0.1, -0.05) is 69.4 Å². The molecule has 0 bridgehead atoms. The maximum absolute atomic E-state index is 14.0. The number of carbonyl (C=O) groups is 3. The van der Waals surface area contributed by atoms with Gasteiger partial charge in [0.1, 0.15) is 11.8 Å². The highest BCUT2D eigenvalue weighted by Gasteiger charge is 2.56. The predicted molar refractivity (Wildman–Crippen MR) is 163 cm³/mol. The average molecular weight is 666 g/mol. The molecule has 1 saturated heterocycles. The number of nitro groups is 1. The van der Waals surface area contributed by atoms with Gasteiger partial charge in [0.05, 0.1) is 21.6 Å². The van der Waals surface area contributed by atoms with Gasteiger partial charge in [-0.3, -0.25) is 33.9 Å². The van der Waals surface area contributed by atoms with Gasteiger partial charge in [-0.25, -0.2) is 4.90 Å². The number of halogens is 1. The molecule has 0 saturated carbocycles. The maximum Gasteiger partial charge on any atom is 0.308 e. The van der Waals surface area contributed by atoms with E-state index < -0.39 is 39.7 Å². The summed E-state index contributed by atoms with van der Waals surface area (Å²) in [7, 11) is 0. The summed E-state index contributed by atoms with van der Waals surface area (Å²) in [5.41, 5.74) is 2.32. The molecular weight excluding hydrogens is 644 g/mol. The third-order valence-corrected chi connectivity index (χ3v) is 10.4. The quantitative estimate of drug-likeness (QED) is 0.168. The van der Waals surface area contributed by atoms with Gasteiger partial charge >= 0.3 is 4.87 Å². The van der Waals surface area contributed by atoms with Gasteiger partial charge < -0.3 is 5.32 Å². The number of non-ortho nitro benzene ring substituents is 1. The molecule has 0 unspecified atom stereocenters. The second-order valence-electron chi connectivity index (χ2n) is 9.87. The molecule has 3 atom stereocenters. The van der Waals surface area contributed by atoms with Crippen molar-refractivity contribution in [2.24, 2.45) is 5.92 Å². The topological polar surface area (TPSA) is 132 Å². The molecule has 2 aliphatic rings. The monoisotopic (exact) mass is 664 g/mol. The van der Waals surface area contributed by atoms with Gasteiger partial charge in [0.15, 0.2) is 0 Å². The average Bonchev–Trinajstić information content (AvgIpc) is 3.40. The van der Waals surface area contributed by atoms with Crippen molar-refractivity contribution in [1.29, 1.82) is 0 Å². The van der Waals surface area contributed by atoms with Crippen molar-refractivity contribution in [1.82, 2.24) is 4.57 Å². The number of thiazole rings is 1. The van der Waals surface area contributed by atoms with Crippen LogP contribution >= 0.6 is 39.0 Å². The number of benzene rings is 3. The Balaban J connectivity index is 1.41. The lowest BCUT2D eigenvalue weighted by Crippen LogP contribution is -2.33. The number of amides is 3. The number of nitrogens with zero attached hydrogens (tertiary/aromatic N) is 3. The maximum atomic E-state index is 14.0. The largest absolute Gasteiger partial charge is 0.324 e. The van der Waals surface area contributed by atoms with E-state index in [1.165, 1.54) is 28.8 Å². The number of nitrogens with one attached hydrogen (secondary N) is 1. The number of aryl methyl sites for hydroxylation is 1. The fraction of sp³-hybridized carbons (Fsp3) is 0.172. The molecule has 1 N–H and O–H groups in total. The van der Waals surface area contributed by atoms with E-state index in [0.717, 1.165) is 43.6 Å². The van der Waals surface area contributed by atoms with E-state index in [4.69, 9.17) is 0 Å². The molecule has 1 fully saturated rings. The molecule has 10 nitrogen and oxygen atoms in total. The molecule has 0 aliphatic carbocycles. The zero-order valence-electron chi connectivity index (χ0n) is 21.9. The van der Waals surface area contributed by atoms with Crippen LogP contribution in [0.25, 0.3) is 0 Å². The van der Waals surface area contributed by atoms with Gasteiger partial charge in [0.25, 0.3) is 5.69 Å². The Labute approximate surface area is 255 Å². The second-order valence-corrected chi connectivity index (χ2v) is 12.9.